The third-order valence-electron chi connectivity index (χ3n) is 3.82. The second-order valence-electron chi connectivity index (χ2n) is 5.42. The molecule has 1 fully saturated rings. The first-order valence-electron chi connectivity index (χ1n) is 6.71. The zero-order valence-corrected chi connectivity index (χ0v) is 11.6. The maximum absolute atomic E-state index is 5.83. The van der Waals surface area contributed by atoms with Gasteiger partial charge in [-0.1, -0.05) is 6.07 Å². The van der Waals surface area contributed by atoms with Crippen LogP contribution in [0.1, 0.15) is 31.4 Å². The first kappa shape index (κ1) is 13.3. The molecule has 1 aromatic heterocycles. The lowest BCUT2D eigenvalue weighted by Gasteiger charge is -2.35. The van der Waals surface area contributed by atoms with E-state index in [-0.39, 0.29) is 6.04 Å². The normalized spacial score (nSPS) is 19.3. The molecule has 0 radical (unpaired) electrons. The Bertz CT molecular complexity index is 364. The van der Waals surface area contributed by atoms with Crippen LogP contribution >= 0.6 is 0 Å². The fraction of sp³-hybridized carbons (Fsp3) is 0.643. The van der Waals surface area contributed by atoms with Gasteiger partial charge >= 0.3 is 0 Å². The summed E-state index contributed by atoms with van der Waals surface area (Å²) in [4.78, 5) is 9.22. The highest BCUT2D eigenvalue weighted by Gasteiger charge is 2.21. The van der Waals surface area contributed by atoms with Crippen molar-refractivity contribution in [1.29, 1.82) is 0 Å². The summed E-state index contributed by atoms with van der Waals surface area (Å²) in [5, 5.41) is 0. The third-order valence-corrected chi connectivity index (χ3v) is 3.82. The fourth-order valence-corrected chi connectivity index (χ4v) is 2.47. The van der Waals surface area contributed by atoms with Gasteiger partial charge in [0.25, 0.3) is 0 Å². The van der Waals surface area contributed by atoms with Crippen molar-refractivity contribution in [3.63, 3.8) is 0 Å². The summed E-state index contributed by atoms with van der Waals surface area (Å²) in [6, 6.07) is 4.95. The zero-order chi connectivity index (χ0) is 13.1. The van der Waals surface area contributed by atoms with E-state index in [1.54, 1.807) is 0 Å². The summed E-state index contributed by atoms with van der Waals surface area (Å²) in [7, 11) is 4.33. The molecule has 18 heavy (non-hydrogen) atoms. The topological polar surface area (TPSA) is 45.4 Å². The van der Waals surface area contributed by atoms with Crippen LogP contribution in [-0.4, -0.2) is 43.1 Å². The molecule has 0 aliphatic carbocycles. The van der Waals surface area contributed by atoms with E-state index in [1.165, 1.54) is 12.8 Å². The Morgan fingerprint density at radius 3 is 2.44 bits per heavy atom. The first-order chi connectivity index (χ1) is 8.58. The summed E-state index contributed by atoms with van der Waals surface area (Å²) in [6.07, 6.45) is 4.32. The van der Waals surface area contributed by atoms with Crippen LogP contribution in [0.4, 0.5) is 5.82 Å². The number of hydrogen-bond donors (Lipinski definition) is 1. The van der Waals surface area contributed by atoms with Crippen LogP contribution < -0.4 is 10.6 Å². The van der Waals surface area contributed by atoms with E-state index in [1.807, 2.05) is 13.1 Å². The monoisotopic (exact) mass is 248 g/mol. The first-order valence-corrected chi connectivity index (χ1v) is 6.71. The number of piperidine rings is 1. The molecule has 0 aromatic carbocycles. The predicted octanol–water partition coefficient (Wildman–Crippen LogP) is 1.63. The van der Waals surface area contributed by atoms with Gasteiger partial charge in [-0.05, 0) is 45.5 Å². The fourth-order valence-electron chi connectivity index (χ4n) is 2.47. The van der Waals surface area contributed by atoms with E-state index in [9.17, 15) is 0 Å². The maximum atomic E-state index is 5.83. The molecule has 2 N–H and O–H groups in total. The number of nitrogens with two attached hydrogens (primary N) is 1. The van der Waals surface area contributed by atoms with Gasteiger partial charge in [-0.25, -0.2) is 4.98 Å². The second kappa shape index (κ2) is 5.67. The molecular weight excluding hydrogens is 224 g/mol. The van der Waals surface area contributed by atoms with Gasteiger partial charge in [0.2, 0.25) is 0 Å². The van der Waals surface area contributed by atoms with E-state index >= 15 is 0 Å². The van der Waals surface area contributed by atoms with Crippen molar-refractivity contribution < 1.29 is 0 Å². The molecule has 0 spiro atoms. The summed E-state index contributed by atoms with van der Waals surface area (Å²) >= 11 is 0. The molecule has 2 heterocycles. The van der Waals surface area contributed by atoms with Gasteiger partial charge in [0, 0.05) is 31.4 Å². The molecule has 1 saturated heterocycles. The van der Waals surface area contributed by atoms with E-state index in [0.29, 0.717) is 6.04 Å². The van der Waals surface area contributed by atoms with Gasteiger partial charge in [0.1, 0.15) is 5.82 Å². The van der Waals surface area contributed by atoms with Crippen LogP contribution in [0.15, 0.2) is 18.3 Å². The molecule has 4 heteroatoms. The van der Waals surface area contributed by atoms with E-state index in [2.05, 4.69) is 41.0 Å². The minimum absolute atomic E-state index is 0.0611. The summed E-state index contributed by atoms with van der Waals surface area (Å²) in [5.74, 6) is 1.08. The average Bonchev–Trinajstić information content (AvgIpc) is 2.39. The Labute approximate surface area is 110 Å². The second-order valence-corrected chi connectivity index (χ2v) is 5.42. The molecule has 1 unspecified atom stereocenters. The van der Waals surface area contributed by atoms with E-state index < -0.39 is 0 Å². The largest absolute Gasteiger partial charge is 0.357 e. The number of aromatic nitrogens is 1. The highest BCUT2D eigenvalue weighted by Crippen LogP contribution is 2.20. The predicted molar refractivity (Wildman–Crippen MR) is 75.8 cm³/mol. The van der Waals surface area contributed by atoms with Gasteiger partial charge in [-0.15, -0.1) is 0 Å². The van der Waals surface area contributed by atoms with Crippen LogP contribution in [0.25, 0.3) is 0 Å². The van der Waals surface area contributed by atoms with Crippen molar-refractivity contribution >= 4 is 5.82 Å². The van der Waals surface area contributed by atoms with Gasteiger partial charge in [0.05, 0.1) is 0 Å². The Balaban J connectivity index is 1.97. The molecular formula is C14H24N4. The summed E-state index contributed by atoms with van der Waals surface area (Å²) in [5.41, 5.74) is 6.93. The Morgan fingerprint density at radius 1 is 1.33 bits per heavy atom. The van der Waals surface area contributed by atoms with Crippen molar-refractivity contribution in [2.45, 2.75) is 31.8 Å². The van der Waals surface area contributed by atoms with Gasteiger partial charge in [-0.3, -0.25) is 0 Å². The molecule has 0 bridgehead atoms. The third kappa shape index (κ3) is 3.00. The lowest BCUT2D eigenvalue weighted by molar-refractivity contribution is 0.249. The maximum Gasteiger partial charge on any atom is 0.128 e. The van der Waals surface area contributed by atoms with Crippen LogP contribution in [0.2, 0.25) is 0 Å². The molecule has 1 aromatic rings. The number of hydrogen-bond acceptors (Lipinski definition) is 4. The minimum atomic E-state index is 0.0611. The van der Waals surface area contributed by atoms with Crippen LogP contribution in [0.3, 0.4) is 0 Å². The van der Waals surface area contributed by atoms with Gasteiger partial charge < -0.3 is 15.5 Å². The number of anilines is 1. The zero-order valence-electron chi connectivity index (χ0n) is 11.6. The number of pyridine rings is 1. The van der Waals surface area contributed by atoms with Crippen LogP contribution in [0, 0.1) is 0 Å². The SMILES string of the molecule is CC(N)c1ccc(N2CCC(N(C)C)CC2)nc1. The molecule has 1 aliphatic rings. The molecule has 0 amide bonds. The van der Waals surface area contributed by atoms with Crippen molar-refractivity contribution in [2.24, 2.45) is 5.73 Å². The van der Waals surface area contributed by atoms with E-state index in [0.717, 1.165) is 24.5 Å². The van der Waals surface area contributed by atoms with E-state index in [4.69, 9.17) is 5.73 Å². The Kier molecular flexibility index (Phi) is 4.19. The minimum Gasteiger partial charge on any atom is -0.357 e. The lowest BCUT2D eigenvalue weighted by Crippen LogP contribution is -2.42. The van der Waals surface area contributed by atoms with Crippen molar-refractivity contribution in [3.8, 4) is 0 Å². The summed E-state index contributed by atoms with van der Waals surface area (Å²) < 4.78 is 0. The van der Waals surface area contributed by atoms with Crippen LogP contribution in [0.5, 0.6) is 0 Å². The lowest BCUT2D eigenvalue weighted by atomic mass is 10.0. The van der Waals surface area contributed by atoms with Crippen molar-refractivity contribution in [2.75, 3.05) is 32.1 Å². The average molecular weight is 248 g/mol. The van der Waals surface area contributed by atoms with Gasteiger partial charge in [0.15, 0.2) is 0 Å². The number of rotatable bonds is 3. The summed E-state index contributed by atoms with van der Waals surface area (Å²) in [6.45, 7) is 4.17. The Morgan fingerprint density at radius 2 is 2.00 bits per heavy atom. The molecule has 100 valence electrons. The molecule has 4 nitrogen and oxygen atoms in total. The molecule has 1 atom stereocenters. The quantitative estimate of drug-likeness (QED) is 0.883. The van der Waals surface area contributed by atoms with Crippen LogP contribution in [-0.2, 0) is 0 Å². The highest BCUT2D eigenvalue weighted by molar-refractivity contribution is 5.40. The number of nitrogens with zero attached hydrogens (tertiary/aromatic N) is 3. The van der Waals surface area contributed by atoms with Crippen molar-refractivity contribution in [3.05, 3.63) is 23.9 Å². The standard InChI is InChI=1S/C14H24N4/c1-11(15)12-4-5-14(16-10-12)18-8-6-13(7-9-18)17(2)3/h4-5,10-11,13H,6-9,15H2,1-3H3. The molecule has 0 saturated carbocycles. The molecule has 2 rings (SSSR count). The highest BCUT2D eigenvalue weighted by atomic mass is 15.2. The van der Waals surface area contributed by atoms with Gasteiger partial charge in [-0.2, -0.15) is 0 Å². The van der Waals surface area contributed by atoms with Crippen molar-refractivity contribution in [1.82, 2.24) is 9.88 Å². The smallest absolute Gasteiger partial charge is 0.128 e. The molecule has 1 aliphatic heterocycles. The Hall–Kier alpha value is -1.13.